The van der Waals surface area contributed by atoms with Crippen LogP contribution in [-0.4, -0.2) is 73.3 Å². The molecule has 0 aromatic carbocycles. The van der Waals surface area contributed by atoms with Crippen molar-refractivity contribution in [2.75, 3.05) is 53.7 Å². The van der Waals surface area contributed by atoms with E-state index in [1.54, 1.807) is 12.4 Å². The van der Waals surface area contributed by atoms with E-state index in [1.807, 2.05) is 0 Å². The first-order chi connectivity index (χ1) is 16.0. The van der Waals surface area contributed by atoms with E-state index in [9.17, 15) is 9.32 Å². The molecular formula is C22H26ClN7O2S. The van der Waals surface area contributed by atoms with Gasteiger partial charge in [-0.3, -0.25) is 4.21 Å². The maximum absolute atomic E-state index is 12.9. The highest BCUT2D eigenvalue weighted by Crippen LogP contribution is 2.39. The van der Waals surface area contributed by atoms with E-state index in [1.165, 1.54) is 11.1 Å². The van der Waals surface area contributed by atoms with Gasteiger partial charge in [-0.25, -0.2) is 15.0 Å². The van der Waals surface area contributed by atoms with E-state index in [-0.39, 0.29) is 12.1 Å². The minimum absolute atomic E-state index is 0.0515. The van der Waals surface area contributed by atoms with Crippen LogP contribution in [0.25, 0.3) is 0 Å². The Morgan fingerprint density at radius 3 is 2.30 bits per heavy atom. The third-order valence-electron chi connectivity index (χ3n) is 7.09. The fourth-order valence-corrected chi connectivity index (χ4v) is 6.53. The first-order valence-corrected chi connectivity index (χ1v) is 13.1. The van der Waals surface area contributed by atoms with Gasteiger partial charge in [-0.1, -0.05) is 11.6 Å². The molecule has 0 spiro atoms. The molecule has 9 nitrogen and oxygen atoms in total. The number of aryl methyl sites for hydroxylation is 1. The Kier molecular flexibility index (Phi) is 5.26. The summed E-state index contributed by atoms with van der Waals surface area (Å²) in [7, 11) is -1.11. The summed E-state index contributed by atoms with van der Waals surface area (Å²) in [5.74, 6) is 2.64. The van der Waals surface area contributed by atoms with Gasteiger partial charge in [0.2, 0.25) is 11.9 Å². The number of aliphatic hydroxyl groups is 1. The van der Waals surface area contributed by atoms with Gasteiger partial charge in [-0.05, 0) is 43.3 Å². The molecule has 0 radical (unpaired) electrons. The summed E-state index contributed by atoms with van der Waals surface area (Å²) in [6.45, 7) is 3.12. The van der Waals surface area contributed by atoms with Crippen LogP contribution in [0.3, 0.4) is 0 Å². The van der Waals surface area contributed by atoms with Crippen LogP contribution >= 0.6 is 11.6 Å². The molecule has 0 saturated heterocycles. The Bertz CT molecular complexity index is 1130. The Morgan fingerprint density at radius 1 is 1.03 bits per heavy atom. The maximum Gasteiger partial charge on any atom is 0.228 e. The number of hydrogen-bond acceptors (Lipinski definition) is 9. The van der Waals surface area contributed by atoms with Crippen molar-refractivity contribution in [3.63, 3.8) is 0 Å². The lowest BCUT2D eigenvalue weighted by Crippen LogP contribution is -2.49. The van der Waals surface area contributed by atoms with Crippen molar-refractivity contribution in [2.45, 2.75) is 42.5 Å². The van der Waals surface area contributed by atoms with E-state index in [0.717, 1.165) is 68.9 Å². The van der Waals surface area contributed by atoms with E-state index < -0.39 is 10.8 Å². The second kappa shape index (κ2) is 8.18. The summed E-state index contributed by atoms with van der Waals surface area (Å²) < 4.78 is 12.9. The fourth-order valence-electron chi connectivity index (χ4n) is 5.10. The van der Waals surface area contributed by atoms with Crippen molar-refractivity contribution in [3.8, 4) is 0 Å². The monoisotopic (exact) mass is 487 g/mol. The smallest absolute Gasteiger partial charge is 0.228 e. The van der Waals surface area contributed by atoms with Gasteiger partial charge in [-0.15, -0.1) is 0 Å². The minimum Gasteiger partial charge on any atom is -0.394 e. The number of rotatable bonds is 5. The third-order valence-corrected chi connectivity index (χ3v) is 8.83. The highest BCUT2D eigenvalue weighted by molar-refractivity contribution is 7.85. The number of nitrogens with zero attached hydrogens (tertiary/aromatic N) is 6. The number of nitrogens with one attached hydrogen (secondary N) is 1. The second-order valence-electron chi connectivity index (χ2n) is 9.34. The van der Waals surface area contributed by atoms with E-state index in [0.29, 0.717) is 28.5 Å². The van der Waals surface area contributed by atoms with Crippen LogP contribution in [0.1, 0.15) is 31.4 Å². The summed E-state index contributed by atoms with van der Waals surface area (Å²) in [6.07, 6.45) is 7.79. The number of aromatic nitrogens is 4. The van der Waals surface area contributed by atoms with Crippen molar-refractivity contribution in [2.24, 2.45) is 0 Å². The average molecular weight is 488 g/mol. The molecule has 1 atom stereocenters. The highest BCUT2D eigenvalue weighted by atomic mass is 35.5. The molecule has 3 aliphatic heterocycles. The summed E-state index contributed by atoms with van der Waals surface area (Å²) in [5.41, 5.74) is 3.21. The van der Waals surface area contributed by atoms with Crippen molar-refractivity contribution in [1.29, 1.82) is 0 Å². The maximum atomic E-state index is 12.9. The van der Waals surface area contributed by atoms with E-state index in [4.69, 9.17) is 21.6 Å². The van der Waals surface area contributed by atoms with Crippen LogP contribution < -0.4 is 15.1 Å². The standard InChI is InChI=1S/C22H26ClN7O2S/c23-16-7-24-20(25-8-16)29-9-14-11-30(12-15(14)10-29)21-26-17-3-1-6-33(32)18(17)19(27-21)28-22(13-31)4-2-5-22/h7-8,31H,1-6,9-13H2,(H,26,27,28)/t33-/m0/s1. The highest BCUT2D eigenvalue weighted by Gasteiger charge is 2.39. The summed E-state index contributed by atoms with van der Waals surface area (Å²) in [5, 5.41) is 14.0. The first kappa shape index (κ1) is 21.2. The topological polar surface area (TPSA) is 107 Å². The van der Waals surface area contributed by atoms with Crippen molar-refractivity contribution < 1.29 is 9.32 Å². The molecule has 1 saturated carbocycles. The molecule has 2 aromatic heterocycles. The average Bonchev–Trinajstić information content (AvgIpc) is 3.36. The van der Waals surface area contributed by atoms with Gasteiger partial charge in [0, 0.05) is 31.9 Å². The van der Waals surface area contributed by atoms with Crippen LogP contribution in [-0.2, 0) is 17.2 Å². The molecule has 5 heterocycles. The summed E-state index contributed by atoms with van der Waals surface area (Å²) in [4.78, 5) is 23.5. The predicted molar refractivity (Wildman–Crippen MR) is 127 cm³/mol. The fraction of sp³-hybridized carbons (Fsp3) is 0.545. The van der Waals surface area contributed by atoms with Gasteiger partial charge in [0.1, 0.15) is 10.7 Å². The molecule has 0 amide bonds. The molecule has 0 bridgehead atoms. The van der Waals surface area contributed by atoms with Crippen molar-refractivity contribution in [1.82, 2.24) is 19.9 Å². The van der Waals surface area contributed by atoms with Gasteiger partial charge in [0.25, 0.3) is 0 Å². The van der Waals surface area contributed by atoms with Gasteiger partial charge < -0.3 is 20.2 Å². The van der Waals surface area contributed by atoms with Crippen LogP contribution in [0, 0.1) is 0 Å². The van der Waals surface area contributed by atoms with Crippen molar-refractivity contribution in [3.05, 3.63) is 34.3 Å². The molecule has 174 valence electrons. The Labute approximate surface area is 199 Å². The van der Waals surface area contributed by atoms with Gasteiger partial charge >= 0.3 is 0 Å². The second-order valence-corrected chi connectivity index (χ2v) is 11.3. The Hall–Kier alpha value is -2.30. The largest absolute Gasteiger partial charge is 0.394 e. The lowest BCUT2D eigenvalue weighted by Gasteiger charge is -2.42. The normalized spacial score (nSPS) is 23.4. The Morgan fingerprint density at radius 2 is 1.70 bits per heavy atom. The van der Waals surface area contributed by atoms with Gasteiger partial charge in [-0.2, -0.15) is 4.98 Å². The van der Waals surface area contributed by atoms with Gasteiger partial charge in [0.15, 0.2) is 0 Å². The zero-order chi connectivity index (χ0) is 22.6. The third kappa shape index (κ3) is 3.77. The summed E-state index contributed by atoms with van der Waals surface area (Å²) >= 11 is 5.92. The zero-order valence-electron chi connectivity index (χ0n) is 18.3. The lowest BCUT2D eigenvalue weighted by molar-refractivity contribution is 0.143. The van der Waals surface area contributed by atoms with Crippen molar-refractivity contribution >= 4 is 40.1 Å². The van der Waals surface area contributed by atoms with E-state index in [2.05, 4.69) is 25.1 Å². The number of aliphatic hydroxyl groups excluding tert-OH is 1. The lowest BCUT2D eigenvalue weighted by atomic mass is 9.77. The zero-order valence-corrected chi connectivity index (χ0v) is 19.8. The van der Waals surface area contributed by atoms with Crippen LogP contribution in [0.5, 0.6) is 0 Å². The molecule has 11 heteroatoms. The molecule has 0 unspecified atom stereocenters. The van der Waals surface area contributed by atoms with Gasteiger partial charge in [0.05, 0.1) is 46.1 Å². The van der Waals surface area contributed by atoms with Crippen LogP contribution in [0.2, 0.25) is 5.02 Å². The first-order valence-electron chi connectivity index (χ1n) is 11.4. The predicted octanol–water partition coefficient (Wildman–Crippen LogP) is 1.94. The van der Waals surface area contributed by atoms with Crippen LogP contribution in [0.15, 0.2) is 28.4 Å². The number of hydrogen-bond donors (Lipinski definition) is 2. The molecule has 4 aliphatic rings. The minimum atomic E-state index is -1.11. The molecule has 2 aromatic rings. The number of anilines is 3. The van der Waals surface area contributed by atoms with Crippen LogP contribution in [0.4, 0.5) is 17.7 Å². The number of fused-ring (bicyclic) bond motifs is 1. The molecule has 2 N–H and O–H groups in total. The quantitative estimate of drug-likeness (QED) is 0.611. The molecule has 1 fully saturated rings. The molecular weight excluding hydrogens is 462 g/mol. The SMILES string of the molecule is O=[S@]1CCCc2nc(N3CC4=C(CN(c5ncc(Cl)cn5)C4)C3)nc(NC3(CO)CCC3)c21. The van der Waals surface area contributed by atoms with E-state index >= 15 is 0 Å². The molecule has 33 heavy (non-hydrogen) atoms. The number of halogens is 1. The molecule has 6 rings (SSSR count). The summed E-state index contributed by atoms with van der Waals surface area (Å²) in [6, 6.07) is 0. The Balaban J connectivity index is 1.24. The molecule has 1 aliphatic carbocycles.